The molecule has 1 amide bonds. The number of fused-ring (bicyclic) bond motifs is 1. The molecule has 0 saturated carbocycles. The molecule has 3 rings (SSSR count). The molecule has 2 aromatic carbocycles. The number of aryl methyl sites for hydroxylation is 2. The third-order valence-electron chi connectivity index (χ3n) is 3.73. The molecule has 3 nitrogen and oxygen atoms in total. The molecule has 0 spiro atoms. The van der Waals surface area contributed by atoms with Crippen LogP contribution in [0.1, 0.15) is 23.1 Å². The van der Waals surface area contributed by atoms with E-state index in [0.717, 1.165) is 28.9 Å². The number of anilines is 2. The van der Waals surface area contributed by atoms with Crippen molar-refractivity contribution in [2.45, 2.75) is 26.3 Å². The Morgan fingerprint density at radius 1 is 1.15 bits per heavy atom. The highest BCUT2D eigenvalue weighted by atomic mass is 16.2. The predicted octanol–water partition coefficient (Wildman–Crippen LogP) is 3.06. The first kappa shape index (κ1) is 12.7. The summed E-state index contributed by atoms with van der Waals surface area (Å²) in [6, 6.07) is 14.1. The van der Waals surface area contributed by atoms with Gasteiger partial charge in [0.1, 0.15) is 0 Å². The summed E-state index contributed by atoms with van der Waals surface area (Å²) in [7, 11) is 0. The van der Waals surface area contributed by atoms with Gasteiger partial charge in [-0.1, -0.05) is 29.8 Å². The van der Waals surface area contributed by atoms with E-state index >= 15 is 0 Å². The number of amides is 1. The van der Waals surface area contributed by atoms with Gasteiger partial charge in [0.05, 0.1) is 6.54 Å². The van der Waals surface area contributed by atoms with Crippen molar-refractivity contribution in [3.05, 3.63) is 59.2 Å². The number of nitrogens with zero attached hydrogens (tertiary/aromatic N) is 1. The van der Waals surface area contributed by atoms with Gasteiger partial charge in [-0.15, -0.1) is 0 Å². The van der Waals surface area contributed by atoms with E-state index in [0.29, 0.717) is 13.0 Å². The van der Waals surface area contributed by atoms with Crippen LogP contribution >= 0.6 is 0 Å². The van der Waals surface area contributed by atoms with Crippen LogP contribution in [0.15, 0.2) is 42.5 Å². The van der Waals surface area contributed by atoms with Crippen molar-refractivity contribution in [3.8, 4) is 0 Å². The molecule has 1 heterocycles. The summed E-state index contributed by atoms with van der Waals surface area (Å²) in [6.07, 6.45) is 1.34. The largest absolute Gasteiger partial charge is 0.399 e. The Bertz CT molecular complexity index is 664. The number of nitrogens with two attached hydrogens (primary N) is 1. The van der Waals surface area contributed by atoms with Crippen LogP contribution in [0.2, 0.25) is 0 Å². The second kappa shape index (κ2) is 5.00. The maximum atomic E-state index is 12.2. The highest BCUT2D eigenvalue weighted by Gasteiger charge is 2.24. The van der Waals surface area contributed by atoms with Gasteiger partial charge < -0.3 is 10.6 Å². The molecule has 0 bridgehead atoms. The van der Waals surface area contributed by atoms with Gasteiger partial charge >= 0.3 is 0 Å². The maximum absolute atomic E-state index is 12.2. The molecular formula is C17H18N2O. The minimum Gasteiger partial charge on any atom is -0.399 e. The van der Waals surface area contributed by atoms with Crippen molar-refractivity contribution in [1.82, 2.24) is 0 Å². The molecule has 1 aliphatic rings. The number of carbonyl (C=O) groups excluding carboxylic acids is 1. The number of benzene rings is 2. The summed E-state index contributed by atoms with van der Waals surface area (Å²) in [5, 5.41) is 0. The zero-order chi connectivity index (χ0) is 14.1. The molecule has 0 aromatic heterocycles. The van der Waals surface area contributed by atoms with E-state index in [9.17, 15) is 4.79 Å². The zero-order valence-electron chi connectivity index (χ0n) is 11.6. The molecule has 3 heteroatoms. The molecule has 0 atom stereocenters. The van der Waals surface area contributed by atoms with Crippen LogP contribution in [0, 0.1) is 6.92 Å². The summed E-state index contributed by atoms with van der Waals surface area (Å²) >= 11 is 0. The topological polar surface area (TPSA) is 46.3 Å². The van der Waals surface area contributed by atoms with Crippen molar-refractivity contribution in [1.29, 1.82) is 0 Å². The zero-order valence-corrected chi connectivity index (χ0v) is 11.6. The molecule has 2 N–H and O–H groups in total. The molecule has 102 valence electrons. The van der Waals surface area contributed by atoms with E-state index < -0.39 is 0 Å². The molecule has 1 aliphatic heterocycles. The van der Waals surface area contributed by atoms with Crippen LogP contribution in [-0.2, 0) is 17.8 Å². The number of hydrogen-bond acceptors (Lipinski definition) is 2. The Morgan fingerprint density at radius 2 is 2.00 bits per heavy atom. The summed E-state index contributed by atoms with van der Waals surface area (Å²) in [4.78, 5) is 14.1. The summed E-state index contributed by atoms with van der Waals surface area (Å²) in [5.74, 6) is 0.184. The van der Waals surface area contributed by atoms with Crippen molar-refractivity contribution in [2.75, 3.05) is 10.6 Å². The highest BCUT2D eigenvalue weighted by molar-refractivity contribution is 5.96. The Balaban J connectivity index is 1.95. The van der Waals surface area contributed by atoms with Gasteiger partial charge in [0.15, 0.2) is 0 Å². The van der Waals surface area contributed by atoms with Gasteiger partial charge in [0, 0.05) is 17.8 Å². The summed E-state index contributed by atoms with van der Waals surface area (Å²) in [5.41, 5.74) is 11.1. The normalized spacial score (nSPS) is 14.2. The third kappa shape index (κ3) is 2.39. The molecular weight excluding hydrogens is 248 g/mol. The Hall–Kier alpha value is -2.29. The Morgan fingerprint density at radius 3 is 2.80 bits per heavy atom. The number of hydrogen-bond donors (Lipinski definition) is 1. The lowest BCUT2D eigenvalue weighted by molar-refractivity contribution is -0.119. The smallest absolute Gasteiger partial charge is 0.227 e. The molecule has 0 radical (unpaired) electrons. The molecule has 0 saturated heterocycles. The van der Waals surface area contributed by atoms with Gasteiger partial charge in [0.25, 0.3) is 0 Å². The number of carbonyl (C=O) groups is 1. The highest BCUT2D eigenvalue weighted by Crippen LogP contribution is 2.30. The minimum atomic E-state index is 0.184. The van der Waals surface area contributed by atoms with E-state index in [2.05, 4.69) is 25.1 Å². The lowest BCUT2D eigenvalue weighted by Gasteiger charge is -2.29. The van der Waals surface area contributed by atoms with E-state index in [-0.39, 0.29) is 5.91 Å². The van der Waals surface area contributed by atoms with Crippen LogP contribution in [0.3, 0.4) is 0 Å². The first-order chi connectivity index (χ1) is 9.63. The molecule has 0 fully saturated rings. The van der Waals surface area contributed by atoms with Crippen molar-refractivity contribution in [3.63, 3.8) is 0 Å². The van der Waals surface area contributed by atoms with Crippen molar-refractivity contribution >= 4 is 17.3 Å². The SMILES string of the molecule is Cc1cccc(CN2C(=O)CCc3cc(N)ccc32)c1. The summed E-state index contributed by atoms with van der Waals surface area (Å²) < 4.78 is 0. The first-order valence-corrected chi connectivity index (χ1v) is 6.88. The second-order valence-corrected chi connectivity index (χ2v) is 5.36. The number of nitrogen functional groups attached to an aromatic ring is 1. The lowest BCUT2D eigenvalue weighted by Crippen LogP contribution is -2.34. The fourth-order valence-electron chi connectivity index (χ4n) is 2.75. The van der Waals surface area contributed by atoms with Gasteiger partial charge in [-0.05, 0) is 42.7 Å². The standard InChI is InChI=1S/C17H18N2O/c1-12-3-2-4-13(9-12)11-19-16-7-6-15(18)10-14(16)5-8-17(19)20/h2-4,6-7,9-10H,5,8,11,18H2,1H3. The average molecular weight is 266 g/mol. The van der Waals surface area contributed by atoms with Crippen LogP contribution in [0.4, 0.5) is 11.4 Å². The van der Waals surface area contributed by atoms with Crippen molar-refractivity contribution < 1.29 is 4.79 Å². The Labute approximate surface area is 119 Å². The lowest BCUT2D eigenvalue weighted by atomic mass is 9.99. The van der Waals surface area contributed by atoms with E-state index in [4.69, 9.17) is 5.73 Å². The van der Waals surface area contributed by atoms with Crippen LogP contribution in [-0.4, -0.2) is 5.91 Å². The first-order valence-electron chi connectivity index (χ1n) is 6.88. The minimum absolute atomic E-state index is 0.184. The maximum Gasteiger partial charge on any atom is 0.227 e. The monoisotopic (exact) mass is 266 g/mol. The van der Waals surface area contributed by atoms with Gasteiger partial charge in [-0.2, -0.15) is 0 Å². The van der Waals surface area contributed by atoms with Gasteiger partial charge in [-0.25, -0.2) is 0 Å². The molecule has 20 heavy (non-hydrogen) atoms. The van der Waals surface area contributed by atoms with E-state index in [1.54, 1.807) is 0 Å². The second-order valence-electron chi connectivity index (χ2n) is 5.36. The van der Waals surface area contributed by atoms with Gasteiger partial charge in [0.2, 0.25) is 5.91 Å². The summed E-state index contributed by atoms with van der Waals surface area (Å²) in [6.45, 7) is 2.69. The average Bonchev–Trinajstić information content (AvgIpc) is 2.42. The third-order valence-corrected chi connectivity index (χ3v) is 3.73. The fraction of sp³-hybridized carbons (Fsp3) is 0.235. The van der Waals surface area contributed by atoms with Crippen LogP contribution < -0.4 is 10.6 Å². The van der Waals surface area contributed by atoms with Crippen molar-refractivity contribution in [2.24, 2.45) is 0 Å². The van der Waals surface area contributed by atoms with Crippen LogP contribution in [0.5, 0.6) is 0 Å². The Kier molecular flexibility index (Phi) is 3.18. The quantitative estimate of drug-likeness (QED) is 0.849. The molecule has 2 aromatic rings. The van der Waals surface area contributed by atoms with Gasteiger partial charge in [-0.3, -0.25) is 4.79 Å². The van der Waals surface area contributed by atoms with E-state index in [1.165, 1.54) is 5.56 Å². The predicted molar refractivity (Wildman–Crippen MR) is 81.5 cm³/mol. The number of rotatable bonds is 2. The van der Waals surface area contributed by atoms with Crippen LogP contribution in [0.25, 0.3) is 0 Å². The fourth-order valence-corrected chi connectivity index (χ4v) is 2.75. The van der Waals surface area contributed by atoms with E-state index in [1.807, 2.05) is 29.2 Å². The molecule has 0 unspecified atom stereocenters. The molecule has 0 aliphatic carbocycles.